The number of nitro benzene ring substituents is 1. The Kier molecular flexibility index (Phi) is 4.32. The Morgan fingerprint density at radius 1 is 1.19 bits per heavy atom. The molecule has 0 saturated heterocycles. The Bertz CT molecular complexity index is 1220. The number of aromatic nitrogens is 3. The maximum absolute atomic E-state index is 12.6. The van der Waals surface area contributed by atoms with Crippen LogP contribution in [0.25, 0.3) is 11.0 Å². The number of amides is 1. The summed E-state index contributed by atoms with van der Waals surface area (Å²) in [6, 6.07) is 5.52. The molecule has 138 valence electrons. The Hall–Kier alpha value is -3.82. The summed E-state index contributed by atoms with van der Waals surface area (Å²) in [7, 11) is 2.79. The van der Waals surface area contributed by atoms with E-state index in [1.807, 2.05) is 0 Å². The van der Waals surface area contributed by atoms with Gasteiger partial charge in [0, 0.05) is 37.5 Å². The molecule has 10 heteroatoms. The van der Waals surface area contributed by atoms with Crippen LogP contribution in [0.3, 0.4) is 0 Å². The van der Waals surface area contributed by atoms with Crippen molar-refractivity contribution >= 4 is 28.3 Å². The predicted molar refractivity (Wildman–Crippen MR) is 98.0 cm³/mol. The lowest BCUT2D eigenvalue weighted by Gasteiger charge is -2.11. The van der Waals surface area contributed by atoms with Crippen LogP contribution < -0.4 is 16.6 Å². The average molecular weight is 369 g/mol. The molecule has 0 fully saturated rings. The molecule has 0 radical (unpaired) electrons. The van der Waals surface area contributed by atoms with Gasteiger partial charge in [0.1, 0.15) is 5.39 Å². The molecule has 0 bridgehead atoms. The molecule has 27 heavy (non-hydrogen) atoms. The van der Waals surface area contributed by atoms with Gasteiger partial charge in [-0.1, -0.05) is 6.07 Å². The zero-order valence-electron chi connectivity index (χ0n) is 14.7. The molecule has 3 rings (SSSR count). The molecule has 1 aromatic carbocycles. The standard InChI is InChI=1S/C17H15N5O5/c1-9-4-5-10(8-12(9)22(26)27)15(23)19-11-6-7-18-14-13(11)16(24)21(3)17(25)20(14)2/h4-8H,1-3H3,(H,18,19,23). The Labute approximate surface area is 151 Å². The predicted octanol–water partition coefficient (Wildman–Crippen LogP) is 1.10. The summed E-state index contributed by atoms with van der Waals surface area (Å²) in [5.41, 5.74) is -0.557. The molecule has 2 heterocycles. The van der Waals surface area contributed by atoms with Crippen LogP contribution in [0.4, 0.5) is 11.4 Å². The lowest BCUT2D eigenvalue weighted by Crippen LogP contribution is -2.37. The van der Waals surface area contributed by atoms with Gasteiger partial charge in [0.15, 0.2) is 5.65 Å². The number of hydrogen-bond donors (Lipinski definition) is 1. The molecule has 3 aromatic rings. The molecule has 0 atom stereocenters. The number of hydrogen-bond acceptors (Lipinski definition) is 6. The van der Waals surface area contributed by atoms with Gasteiger partial charge in [-0.05, 0) is 19.1 Å². The number of rotatable bonds is 3. The van der Waals surface area contributed by atoms with Gasteiger partial charge in [-0.3, -0.25) is 28.8 Å². The summed E-state index contributed by atoms with van der Waals surface area (Å²) in [6.07, 6.45) is 1.36. The molecule has 0 saturated carbocycles. The Morgan fingerprint density at radius 2 is 1.89 bits per heavy atom. The fourth-order valence-electron chi connectivity index (χ4n) is 2.73. The van der Waals surface area contributed by atoms with Gasteiger partial charge in [-0.2, -0.15) is 0 Å². The summed E-state index contributed by atoms with van der Waals surface area (Å²) >= 11 is 0. The van der Waals surface area contributed by atoms with Crippen LogP contribution >= 0.6 is 0 Å². The van der Waals surface area contributed by atoms with Gasteiger partial charge in [0.05, 0.1) is 10.6 Å². The fraction of sp³-hybridized carbons (Fsp3) is 0.176. The first-order valence-corrected chi connectivity index (χ1v) is 7.83. The average Bonchev–Trinajstić information content (AvgIpc) is 2.64. The third-order valence-electron chi connectivity index (χ3n) is 4.26. The van der Waals surface area contributed by atoms with Crippen LogP contribution in [0.2, 0.25) is 0 Å². The summed E-state index contributed by atoms with van der Waals surface area (Å²) in [5, 5.41) is 13.7. The molecule has 1 N–H and O–H groups in total. The van der Waals surface area contributed by atoms with Gasteiger partial charge >= 0.3 is 5.69 Å². The van der Waals surface area contributed by atoms with Crippen LogP contribution in [-0.4, -0.2) is 24.9 Å². The molecule has 0 aliphatic rings. The van der Waals surface area contributed by atoms with Crippen LogP contribution in [0.15, 0.2) is 40.1 Å². The highest BCUT2D eigenvalue weighted by Gasteiger charge is 2.18. The maximum Gasteiger partial charge on any atom is 0.332 e. The van der Waals surface area contributed by atoms with Gasteiger partial charge in [-0.25, -0.2) is 9.78 Å². The minimum absolute atomic E-state index is 0.0667. The van der Waals surface area contributed by atoms with Crippen molar-refractivity contribution in [2.24, 2.45) is 14.1 Å². The van der Waals surface area contributed by atoms with Gasteiger partial charge in [0.2, 0.25) is 0 Å². The highest BCUT2D eigenvalue weighted by molar-refractivity contribution is 6.08. The van der Waals surface area contributed by atoms with E-state index in [-0.39, 0.29) is 28.0 Å². The second-order valence-electron chi connectivity index (χ2n) is 5.98. The molecule has 0 aliphatic carbocycles. The van der Waals surface area contributed by atoms with Crippen molar-refractivity contribution in [1.29, 1.82) is 0 Å². The molecule has 0 aliphatic heterocycles. The van der Waals surface area contributed by atoms with Crippen molar-refractivity contribution < 1.29 is 9.72 Å². The summed E-state index contributed by atoms with van der Waals surface area (Å²) in [5.74, 6) is -0.624. The number of aryl methyl sites for hydroxylation is 2. The lowest BCUT2D eigenvalue weighted by molar-refractivity contribution is -0.385. The van der Waals surface area contributed by atoms with E-state index >= 15 is 0 Å². The highest BCUT2D eigenvalue weighted by Crippen LogP contribution is 2.21. The molecule has 10 nitrogen and oxygen atoms in total. The van der Waals surface area contributed by atoms with E-state index in [9.17, 15) is 24.5 Å². The van der Waals surface area contributed by atoms with Crippen LogP contribution in [0, 0.1) is 17.0 Å². The van der Waals surface area contributed by atoms with Crippen LogP contribution in [0.5, 0.6) is 0 Å². The van der Waals surface area contributed by atoms with Gasteiger partial charge < -0.3 is 5.32 Å². The number of nitrogens with zero attached hydrogens (tertiary/aromatic N) is 4. The van der Waals surface area contributed by atoms with E-state index < -0.39 is 22.1 Å². The summed E-state index contributed by atoms with van der Waals surface area (Å²) in [4.78, 5) is 51.6. The van der Waals surface area contributed by atoms with E-state index in [1.165, 1.54) is 49.1 Å². The van der Waals surface area contributed by atoms with E-state index in [1.54, 1.807) is 6.92 Å². The number of carbonyl (C=O) groups is 1. The normalized spacial score (nSPS) is 10.8. The van der Waals surface area contributed by atoms with Gasteiger partial charge in [0.25, 0.3) is 17.2 Å². The minimum atomic E-state index is -0.624. The molecular weight excluding hydrogens is 354 g/mol. The second kappa shape index (κ2) is 6.48. The third kappa shape index (κ3) is 2.97. The molecule has 2 aromatic heterocycles. The Balaban J connectivity index is 2.12. The fourth-order valence-corrected chi connectivity index (χ4v) is 2.73. The topological polar surface area (TPSA) is 129 Å². The van der Waals surface area contributed by atoms with E-state index in [2.05, 4.69) is 10.3 Å². The summed E-state index contributed by atoms with van der Waals surface area (Å²) in [6.45, 7) is 1.57. The lowest BCUT2D eigenvalue weighted by atomic mass is 10.1. The maximum atomic E-state index is 12.6. The number of carbonyl (C=O) groups excluding carboxylic acids is 1. The number of pyridine rings is 1. The molecular formula is C17H15N5O5. The van der Waals surface area contributed by atoms with Gasteiger partial charge in [-0.15, -0.1) is 0 Å². The SMILES string of the molecule is Cc1ccc(C(=O)Nc2ccnc3c2c(=O)n(C)c(=O)n3C)cc1[N+](=O)[O-]. The number of nitrogens with one attached hydrogen (secondary N) is 1. The minimum Gasteiger partial charge on any atom is -0.321 e. The van der Waals surface area contributed by atoms with Crippen LogP contribution in [-0.2, 0) is 14.1 Å². The highest BCUT2D eigenvalue weighted by atomic mass is 16.6. The monoisotopic (exact) mass is 369 g/mol. The van der Waals surface area contributed by atoms with E-state index in [4.69, 9.17) is 0 Å². The number of benzene rings is 1. The molecule has 0 spiro atoms. The molecule has 0 unspecified atom stereocenters. The first-order valence-electron chi connectivity index (χ1n) is 7.83. The van der Waals surface area contributed by atoms with E-state index in [0.717, 1.165) is 4.57 Å². The van der Waals surface area contributed by atoms with E-state index in [0.29, 0.717) is 5.56 Å². The van der Waals surface area contributed by atoms with Crippen molar-refractivity contribution in [2.45, 2.75) is 6.92 Å². The zero-order valence-corrected chi connectivity index (χ0v) is 14.7. The quantitative estimate of drug-likeness (QED) is 0.544. The first kappa shape index (κ1) is 18.0. The molecule has 1 amide bonds. The van der Waals surface area contributed by atoms with Crippen molar-refractivity contribution in [3.63, 3.8) is 0 Å². The van der Waals surface area contributed by atoms with Crippen molar-refractivity contribution in [1.82, 2.24) is 14.1 Å². The Morgan fingerprint density at radius 3 is 2.56 bits per heavy atom. The zero-order chi connectivity index (χ0) is 19.9. The van der Waals surface area contributed by atoms with Crippen molar-refractivity contribution in [3.8, 4) is 0 Å². The number of nitro groups is 1. The third-order valence-corrected chi connectivity index (χ3v) is 4.26. The number of anilines is 1. The first-order chi connectivity index (χ1) is 12.7. The van der Waals surface area contributed by atoms with Crippen molar-refractivity contribution in [2.75, 3.05) is 5.32 Å². The smallest absolute Gasteiger partial charge is 0.321 e. The number of fused-ring (bicyclic) bond motifs is 1. The van der Waals surface area contributed by atoms with Crippen molar-refractivity contribution in [3.05, 3.63) is 72.5 Å². The summed E-state index contributed by atoms with van der Waals surface area (Å²) < 4.78 is 2.11. The van der Waals surface area contributed by atoms with Crippen LogP contribution in [0.1, 0.15) is 15.9 Å². The largest absolute Gasteiger partial charge is 0.332 e. The second-order valence-corrected chi connectivity index (χ2v) is 5.98.